The molecule has 1 aliphatic heterocycles. The van der Waals surface area contributed by atoms with Gasteiger partial charge in [-0.15, -0.1) is 0 Å². The van der Waals surface area contributed by atoms with Gasteiger partial charge < -0.3 is 4.74 Å². The van der Waals surface area contributed by atoms with E-state index >= 15 is 0 Å². The average Bonchev–Trinajstić information content (AvgIpc) is 2.29. The normalized spacial score (nSPS) is 22.4. The number of pyridine rings is 1. The maximum atomic E-state index is 5.93. The Kier molecular flexibility index (Phi) is 3.67. The van der Waals surface area contributed by atoms with E-state index in [1.165, 1.54) is 13.0 Å². The number of hydrogen-bond acceptors (Lipinski definition) is 3. The van der Waals surface area contributed by atoms with Crippen LogP contribution >= 0.6 is 0 Å². The summed E-state index contributed by atoms with van der Waals surface area (Å²) in [4.78, 5) is 6.71. The fourth-order valence-electron chi connectivity index (χ4n) is 2.23. The van der Waals surface area contributed by atoms with Gasteiger partial charge in [-0.3, -0.25) is 4.90 Å². The Morgan fingerprint density at radius 2 is 2.18 bits per heavy atom. The summed E-state index contributed by atoms with van der Waals surface area (Å²) in [6, 6.07) is 5.80. The van der Waals surface area contributed by atoms with Gasteiger partial charge >= 0.3 is 0 Å². The van der Waals surface area contributed by atoms with E-state index in [0.29, 0.717) is 0 Å². The molecule has 1 aromatic heterocycles. The third-order valence-electron chi connectivity index (χ3n) is 3.25. The van der Waals surface area contributed by atoms with Crippen LogP contribution in [0.15, 0.2) is 24.4 Å². The van der Waals surface area contributed by atoms with E-state index < -0.39 is 0 Å². The first kappa shape index (κ1) is 12.4. The highest BCUT2D eigenvalue weighted by Gasteiger charge is 2.28. The Bertz CT molecular complexity index is 345. The second-order valence-corrected chi connectivity index (χ2v) is 5.67. The van der Waals surface area contributed by atoms with Crippen molar-refractivity contribution in [2.45, 2.75) is 45.3 Å². The molecule has 3 nitrogen and oxygen atoms in total. The molecule has 3 heteroatoms. The molecule has 1 unspecified atom stereocenters. The molecule has 2 rings (SSSR count). The number of ether oxygens (including phenoxy) is 1. The van der Waals surface area contributed by atoms with E-state index in [9.17, 15) is 0 Å². The molecule has 0 bridgehead atoms. The van der Waals surface area contributed by atoms with Crippen molar-refractivity contribution in [1.29, 1.82) is 0 Å². The van der Waals surface area contributed by atoms with Crippen LogP contribution in [0.25, 0.3) is 0 Å². The highest BCUT2D eigenvalue weighted by atomic mass is 16.5. The van der Waals surface area contributed by atoms with Crippen LogP contribution in [0.3, 0.4) is 0 Å². The molecule has 1 fully saturated rings. The van der Waals surface area contributed by atoms with Crippen molar-refractivity contribution >= 4 is 0 Å². The Morgan fingerprint density at radius 3 is 2.82 bits per heavy atom. The van der Waals surface area contributed by atoms with Gasteiger partial charge in [0.15, 0.2) is 0 Å². The summed E-state index contributed by atoms with van der Waals surface area (Å²) in [7, 11) is 0. The second kappa shape index (κ2) is 5.05. The Morgan fingerprint density at radius 1 is 1.35 bits per heavy atom. The van der Waals surface area contributed by atoms with Crippen molar-refractivity contribution in [2.24, 2.45) is 0 Å². The van der Waals surface area contributed by atoms with Crippen molar-refractivity contribution < 1.29 is 4.74 Å². The molecule has 0 N–H and O–H groups in total. The van der Waals surface area contributed by atoms with Crippen LogP contribution in [0.5, 0.6) is 5.88 Å². The quantitative estimate of drug-likeness (QED) is 0.786. The lowest BCUT2D eigenvalue weighted by Crippen LogP contribution is -2.50. The van der Waals surface area contributed by atoms with Crippen molar-refractivity contribution in [3.05, 3.63) is 24.4 Å². The van der Waals surface area contributed by atoms with Gasteiger partial charge in [0, 0.05) is 24.3 Å². The van der Waals surface area contributed by atoms with Gasteiger partial charge in [0.1, 0.15) is 6.10 Å². The largest absolute Gasteiger partial charge is 0.473 e. The highest BCUT2D eigenvalue weighted by molar-refractivity contribution is 5.09. The van der Waals surface area contributed by atoms with Gasteiger partial charge in [0.25, 0.3) is 0 Å². The number of piperidine rings is 1. The van der Waals surface area contributed by atoms with Gasteiger partial charge in [-0.1, -0.05) is 6.07 Å². The van der Waals surface area contributed by atoms with E-state index in [-0.39, 0.29) is 11.6 Å². The number of nitrogens with zero attached hydrogens (tertiary/aromatic N) is 2. The molecule has 94 valence electrons. The van der Waals surface area contributed by atoms with Gasteiger partial charge in [0.2, 0.25) is 5.88 Å². The van der Waals surface area contributed by atoms with E-state index in [0.717, 1.165) is 18.8 Å². The molecule has 1 aliphatic rings. The first-order chi connectivity index (χ1) is 8.05. The fraction of sp³-hybridized carbons (Fsp3) is 0.643. The average molecular weight is 234 g/mol. The van der Waals surface area contributed by atoms with Crippen LogP contribution in [0.1, 0.15) is 33.6 Å². The molecule has 0 radical (unpaired) electrons. The number of aromatic nitrogens is 1. The van der Waals surface area contributed by atoms with Crippen LogP contribution < -0.4 is 4.74 Å². The molecule has 1 saturated heterocycles. The molecule has 0 spiro atoms. The molecule has 0 amide bonds. The van der Waals surface area contributed by atoms with Gasteiger partial charge in [-0.25, -0.2) is 4.98 Å². The van der Waals surface area contributed by atoms with Crippen LogP contribution in [0.4, 0.5) is 0 Å². The SMILES string of the molecule is CC(C)(C)N1CCCC(Oc2ccccn2)C1. The molecule has 1 atom stereocenters. The minimum absolute atomic E-state index is 0.228. The topological polar surface area (TPSA) is 25.4 Å². The maximum absolute atomic E-state index is 5.93. The van der Waals surface area contributed by atoms with Crippen LogP contribution in [-0.2, 0) is 0 Å². The van der Waals surface area contributed by atoms with Gasteiger partial charge in [0.05, 0.1) is 0 Å². The number of hydrogen-bond donors (Lipinski definition) is 0. The molecule has 0 aliphatic carbocycles. The predicted octanol–water partition coefficient (Wildman–Crippen LogP) is 2.72. The molecule has 17 heavy (non-hydrogen) atoms. The van der Waals surface area contributed by atoms with Crippen molar-refractivity contribution in [3.63, 3.8) is 0 Å². The lowest BCUT2D eigenvalue weighted by Gasteiger charge is -2.41. The van der Waals surface area contributed by atoms with Crippen LogP contribution in [0.2, 0.25) is 0 Å². The van der Waals surface area contributed by atoms with E-state index in [4.69, 9.17) is 4.74 Å². The zero-order chi connectivity index (χ0) is 12.3. The molecule has 0 saturated carbocycles. The van der Waals surface area contributed by atoms with Crippen LogP contribution in [-0.4, -0.2) is 34.6 Å². The van der Waals surface area contributed by atoms with Crippen LogP contribution in [0, 0.1) is 0 Å². The van der Waals surface area contributed by atoms with Crippen molar-refractivity contribution in [3.8, 4) is 5.88 Å². The second-order valence-electron chi connectivity index (χ2n) is 5.67. The summed E-state index contributed by atoms with van der Waals surface area (Å²) in [6.45, 7) is 8.95. The third-order valence-corrected chi connectivity index (χ3v) is 3.25. The fourth-order valence-corrected chi connectivity index (χ4v) is 2.23. The zero-order valence-electron chi connectivity index (χ0n) is 11.0. The standard InChI is InChI=1S/C14H22N2O/c1-14(2,3)16-10-6-7-12(11-16)17-13-8-4-5-9-15-13/h4-5,8-9,12H,6-7,10-11H2,1-3H3. The summed E-state index contributed by atoms with van der Waals surface area (Å²) >= 11 is 0. The first-order valence-electron chi connectivity index (χ1n) is 6.38. The summed E-state index contributed by atoms with van der Waals surface area (Å²) in [5.74, 6) is 0.744. The van der Waals surface area contributed by atoms with E-state index in [2.05, 4.69) is 30.7 Å². The maximum Gasteiger partial charge on any atom is 0.213 e. The van der Waals surface area contributed by atoms with Crippen molar-refractivity contribution in [1.82, 2.24) is 9.88 Å². The zero-order valence-corrected chi connectivity index (χ0v) is 11.0. The third kappa shape index (κ3) is 3.43. The minimum atomic E-state index is 0.228. The van der Waals surface area contributed by atoms with E-state index in [1.54, 1.807) is 6.20 Å². The number of likely N-dealkylation sites (tertiary alicyclic amines) is 1. The molecule has 0 aromatic carbocycles. The summed E-state index contributed by atoms with van der Waals surface area (Å²) in [6.07, 6.45) is 4.38. The number of rotatable bonds is 2. The summed E-state index contributed by atoms with van der Waals surface area (Å²) < 4.78 is 5.93. The Hall–Kier alpha value is -1.09. The lowest BCUT2D eigenvalue weighted by atomic mass is 9.99. The molecule has 2 heterocycles. The van der Waals surface area contributed by atoms with Crippen molar-refractivity contribution in [2.75, 3.05) is 13.1 Å². The Balaban J connectivity index is 1.94. The Labute approximate surface area is 104 Å². The smallest absolute Gasteiger partial charge is 0.213 e. The molecular weight excluding hydrogens is 212 g/mol. The first-order valence-corrected chi connectivity index (χ1v) is 6.38. The highest BCUT2D eigenvalue weighted by Crippen LogP contribution is 2.22. The van der Waals surface area contributed by atoms with Gasteiger partial charge in [-0.2, -0.15) is 0 Å². The molecule has 1 aromatic rings. The van der Waals surface area contributed by atoms with Gasteiger partial charge in [-0.05, 0) is 46.2 Å². The summed E-state index contributed by atoms with van der Waals surface area (Å²) in [5, 5.41) is 0. The predicted molar refractivity (Wildman–Crippen MR) is 69.2 cm³/mol. The minimum Gasteiger partial charge on any atom is -0.473 e. The molecular formula is C14H22N2O. The lowest BCUT2D eigenvalue weighted by molar-refractivity contribution is 0.0327. The van der Waals surface area contributed by atoms with E-state index in [1.807, 2.05) is 18.2 Å². The summed E-state index contributed by atoms with van der Waals surface area (Å²) in [5.41, 5.74) is 0.228. The monoisotopic (exact) mass is 234 g/mol.